The zero-order valence-electron chi connectivity index (χ0n) is 20.7. The number of hydrogen-bond acceptors (Lipinski definition) is 9. The SMILES string of the molecule is COc1cccc(OC)c1C(=O)C(=O)NN1CCC(=O)N2CCCC(C(=O)NC(C=O)CC(=O)O)N2C1=O. The summed E-state index contributed by atoms with van der Waals surface area (Å²) in [7, 11) is 2.60. The third kappa shape index (κ3) is 5.82. The predicted octanol–water partition coefficient (Wildman–Crippen LogP) is -0.890. The molecular weight excluding hydrogens is 506 g/mol. The van der Waals surface area contributed by atoms with E-state index in [1.807, 2.05) is 0 Å². The van der Waals surface area contributed by atoms with Crippen molar-refractivity contribution >= 4 is 41.8 Å². The number of fused-ring (bicyclic) bond motifs is 1. The first kappa shape index (κ1) is 27.9. The molecule has 3 rings (SSSR count). The molecule has 2 fully saturated rings. The number of hydrazine groups is 2. The van der Waals surface area contributed by atoms with Gasteiger partial charge >= 0.3 is 17.9 Å². The number of nitrogens with zero attached hydrogens (tertiary/aromatic N) is 3. The second-order valence-electron chi connectivity index (χ2n) is 8.36. The number of Topliss-reactive ketones (excluding diaryl/α,β-unsaturated/α-hetero) is 1. The van der Waals surface area contributed by atoms with Gasteiger partial charge in [-0.3, -0.25) is 29.4 Å². The first-order valence-corrected chi connectivity index (χ1v) is 11.6. The highest BCUT2D eigenvalue weighted by Crippen LogP contribution is 2.29. The fourth-order valence-corrected chi connectivity index (χ4v) is 4.18. The van der Waals surface area contributed by atoms with Crippen LogP contribution >= 0.6 is 0 Å². The van der Waals surface area contributed by atoms with Crippen molar-refractivity contribution < 1.29 is 48.1 Å². The van der Waals surface area contributed by atoms with Crippen LogP contribution in [-0.2, 0) is 24.0 Å². The van der Waals surface area contributed by atoms with Crippen LogP contribution in [0.1, 0.15) is 36.0 Å². The molecule has 1 aromatic rings. The normalized spacial score (nSPS) is 18.1. The molecule has 0 radical (unpaired) electrons. The lowest BCUT2D eigenvalue weighted by atomic mass is 10.1. The number of ketones is 1. The molecule has 0 saturated carbocycles. The Morgan fingerprint density at radius 3 is 2.37 bits per heavy atom. The summed E-state index contributed by atoms with van der Waals surface area (Å²) in [5.74, 6) is -4.85. The third-order valence-corrected chi connectivity index (χ3v) is 5.95. The van der Waals surface area contributed by atoms with Gasteiger partial charge in [-0.2, -0.15) is 0 Å². The van der Waals surface area contributed by atoms with Crippen molar-refractivity contribution in [3.63, 3.8) is 0 Å². The second kappa shape index (κ2) is 12.0. The van der Waals surface area contributed by atoms with E-state index in [0.717, 1.165) is 15.0 Å². The third-order valence-electron chi connectivity index (χ3n) is 5.95. The quantitative estimate of drug-likeness (QED) is 0.193. The summed E-state index contributed by atoms with van der Waals surface area (Å²) in [5.41, 5.74) is 2.02. The number of carboxylic acid groups (broad SMARTS) is 1. The number of aliphatic carboxylic acids is 1. The molecule has 2 aliphatic rings. The van der Waals surface area contributed by atoms with E-state index in [-0.39, 0.29) is 49.3 Å². The minimum Gasteiger partial charge on any atom is -0.496 e. The second-order valence-corrected chi connectivity index (χ2v) is 8.36. The van der Waals surface area contributed by atoms with Crippen LogP contribution < -0.4 is 20.2 Å². The minimum atomic E-state index is -1.35. The lowest BCUT2D eigenvalue weighted by molar-refractivity contribution is -0.155. The average Bonchev–Trinajstić information content (AvgIpc) is 3.03. The van der Waals surface area contributed by atoms with Crippen LogP contribution in [0.5, 0.6) is 11.5 Å². The number of aldehydes is 1. The van der Waals surface area contributed by atoms with E-state index in [0.29, 0.717) is 6.42 Å². The minimum absolute atomic E-state index is 0.0619. The Morgan fingerprint density at radius 2 is 1.79 bits per heavy atom. The number of benzene rings is 1. The molecule has 1 aromatic carbocycles. The molecule has 0 aliphatic carbocycles. The Kier molecular flexibility index (Phi) is 8.83. The molecule has 2 unspecified atom stereocenters. The van der Waals surface area contributed by atoms with Crippen molar-refractivity contribution in [1.82, 2.24) is 25.8 Å². The van der Waals surface area contributed by atoms with E-state index in [1.54, 1.807) is 6.07 Å². The Labute approximate surface area is 216 Å². The number of carbonyl (C=O) groups is 7. The fraction of sp³-hybridized carbons (Fsp3) is 0.435. The standard InChI is InChI=1S/C23H27N5O10/c1-37-15-6-3-7-16(38-2)19(15)20(33)22(35)25-26-10-8-17(30)27-9-4-5-14(28(27)23(26)36)21(34)24-13(12-29)11-18(31)32/h3,6-7,12-14H,4-5,8-11H2,1-2H3,(H,24,34)(H,25,35)(H,31,32). The van der Waals surface area contributed by atoms with Gasteiger partial charge in [-0.25, -0.2) is 19.8 Å². The molecule has 15 heteroatoms. The Morgan fingerprint density at radius 1 is 1.13 bits per heavy atom. The highest BCUT2D eigenvalue weighted by Gasteiger charge is 2.44. The van der Waals surface area contributed by atoms with Gasteiger partial charge in [0, 0.05) is 13.0 Å². The first-order valence-electron chi connectivity index (χ1n) is 11.6. The number of carbonyl (C=O) groups excluding carboxylic acids is 6. The highest BCUT2D eigenvalue weighted by molar-refractivity contribution is 6.44. The molecule has 204 valence electrons. The number of amides is 5. The Hall–Kier alpha value is -4.69. The molecule has 2 aliphatic heterocycles. The van der Waals surface area contributed by atoms with Crippen LogP contribution in [0.4, 0.5) is 4.79 Å². The van der Waals surface area contributed by atoms with Crippen molar-refractivity contribution in [3.8, 4) is 11.5 Å². The largest absolute Gasteiger partial charge is 0.496 e. The van der Waals surface area contributed by atoms with E-state index in [1.165, 1.54) is 26.4 Å². The van der Waals surface area contributed by atoms with Gasteiger partial charge in [-0.05, 0) is 25.0 Å². The van der Waals surface area contributed by atoms with E-state index in [2.05, 4.69) is 10.7 Å². The Balaban J connectivity index is 1.84. The molecule has 0 aromatic heterocycles. The predicted molar refractivity (Wildman–Crippen MR) is 126 cm³/mol. The molecule has 38 heavy (non-hydrogen) atoms. The topological polar surface area (TPSA) is 192 Å². The molecule has 2 heterocycles. The van der Waals surface area contributed by atoms with Crippen LogP contribution in [-0.4, -0.2) is 101 Å². The summed E-state index contributed by atoms with van der Waals surface area (Å²) >= 11 is 0. The van der Waals surface area contributed by atoms with Gasteiger partial charge in [0.2, 0.25) is 11.8 Å². The van der Waals surface area contributed by atoms with Crippen molar-refractivity contribution in [2.45, 2.75) is 37.8 Å². The average molecular weight is 533 g/mol. The van der Waals surface area contributed by atoms with Crippen molar-refractivity contribution in [1.29, 1.82) is 0 Å². The van der Waals surface area contributed by atoms with E-state index >= 15 is 0 Å². The maximum absolute atomic E-state index is 13.5. The number of carboxylic acids is 1. The summed E-state index contributed by atoms with van der Waals surface area (Å²) in [4.78, 5) is 87.2. The van der Waals surface area contributed by atoms with Gasteiger partial charge in [0.25, 0.3) is 5.78 Å². The van der Waals surface area contributed by atoms with Crippen LogP contribution in [0.3, 0.4) is 0 Å². The van der Waals surface area contributed by atoms with Crippen molar-refractivity contribution in [2.75, 3.05) is 27.3 Å². The van der Waals surface area contributed by atoms with E-state index < -0.39 is 54.0 Å². The lowest BCUT2D eigenvalue weighted by Crippen LogP contribution is -2.65. The van der Waals surface area contributed by atoms with E-state index in [9.17, 15) is 33.6 Å². The number of hydrogen-bond donors (Lipinski definition) is 3. The van der Waals surface area contributed by atoms with Gasteiger partial charge in [0.15, 0.2) is 0 Å². The van der Waals surface area contributed by atoms with Gasteiger partial charge in [0.05, 0.1) is 33.2 Å². The maximum atomic E-state index is 13.5. The number of methoxy groups -OCH3 is 2. The summed E-state index contributed by atoms with van der Waals surface area (Å²) in [6.07, 6.45) is -0.198. The monoisotopic (exact) mass is 533 g/mol. The number of urea groups is 1. The molecule has 5 amide bonds. The van der Waals surface area contributed by atoms with Crippen LogP contribution in [0.2, 0.25) is 0 Å². The zero-order valence-corrected chi connectivity index (χ0v) is 20.7. The molecule has 2 atom stereocenters. The van der Waals surface area contributed by atoms with Crippen molar-refractivity contribution in [3.05, 3.63) is 23.8 Å². The van der Waals surface area contributed by atoms with Crippen LogP contribution in [0.15, 0.2) is 18.2 Å². The molecule has 0 spiro atoms. The first-order chi connectivity index (χ1) is 18.1. The molecule has 0 bridgehead atoms. The van der Waals surface area contributed by atoms with Gasteiger partial charge < -0.3 is 24.7 Å². The van der Waals surface area contributed by atoms with Gasteiger partial charge in [-0.1, -0.05) is 6.07 Å². The number of rotatable bonds is 10. The van der Waals surface area contributed by atoms with Crippen molar-refractivity contribution in [2.24, 2.45) is 0 Å². The fourth-order valence-electron chi connectivity index (χ4n) is 4.18. The zero-order chi connectivity index (χ0) is 28.0. The van der Waals surface area contributed by atoms with Gasteiger partial charge in [0.1, 0.15) is 29.4 Å². The molecule has 15 nitrogen and oxygen atoms in total. The number of nitrogens with one attached hydrogen (secondary N) is 2. The lowest BCUT2D eigenvalue weighted by Gasteiger charge is -2.42. The van der Waals surface area contributed by atoms with Crippen LogP contribution in [0.25, 0.3) is 0 Å². The van der Waals surface area contributed by atoms with Gasteiger partial charge in [-0.15, -0.1) is 0 Å². The summed E-state index contributed by atoms with van der Waals surface area (Å²) in [6.45, 7) is -0.184. The maximum Gasteiger partial charge on any atom is 0.358 e. The highest BCUT2D eigenvalue weighted by atomic mass is 16.5. The molecular formula is C23H27N5O10. The van der Waals surface area contributed by atoms with E-state index in [4.69, 9.17) is 14.6 Å². The number of ether oxygens (including phenoxy) is 2. The molecule has 2 saturated heterocycles. The summed E-state index contributed by atoms with van der Waals surface area (Å²) in [5, 5.41) is 13.9. The van der Waals surface area contributed by atoms with Crippen LogP contribution in [0, 0.1) is 0 Å². The smallest absolute Gasteiger partial charge is 0.358 e. The summed E-state index contributed by atoms with van der Waals surface area (Å²) < 4.78 is 10.3. The Bertz CT molecular complexity index is 1130. The summed E-state index contributed by atoms with van der Waals surface area (Å²) in [6, 6.07) is 0.855. The molecule has 3 N–H and O–H groups in total.